The van der Waals surface area contributed by atoms with Crippen LogP contribution in [-0.2, 0) is 0 Å². The maximum Gasteiger partial charge on any atom is 0.282 e. The van der Waals surface area contributed by atoms with Gasteiger partial charge in [0.2, 0.25) is 5.88 Å². The lowest BCUT2D eigenvalue weighted by molar-refractivity contribution is -0.0265. The molecule has 2 aliphatic rings. The summed E-state index contributed by atoms with van der Waals surface area (Å²) in [6.45, 7) is 8.18. The van der Waals surface area contributed by atoms with Crippen LogP contribution in [0.15, 0.2) is 18.7 Å². The maximum atomic E-state index is 13.2. The first-order chi connectivity index (χ1) is 12.2. The lowest BCUT2D eigenvalue weighted by atomic mass is 10.1. The highest BCUT2D eigenvalue weighted by molar-refractivity contribution is 5.65. The molecule has 0 bridgehead atoms. The van der Waals surface area contributed by atoms with Crippen LogP contribution >= 0.6 is 0 Å². The van der Waals surface area contributed by atoms with Gasteiger partial charge in [-0.1, -0.05) is 20.4 Å². The van der Waals surface area contributed by atoms with E-state index in [0.29, 0.717) is 41.4 Å². The number of halogens is 2. The molecule has 0 aromatic carbocycles. The molecular weight excluding hydrogens is 338 g/mol. The zero-order valence-corrected chi connectivity index (χ0v) is 15.5. The summed E-state index contributed by atoms with van der Waals surface area (Å²) in [5, 5.41) is 3.15. The Labute approximate surface area is 153 Å². The number of aromatic nitrogens is 1. The fraction of sp³-hybridized carbons (Fsp3) is 0.632. The van der Waals surface area contributed by atoms with Crippen LogP contribution in [0.25, 0.3) is 5.70 Å². The van der Waals surface area contributed by atoms with E-state index in [1.807, 2.05) is 0 Å². The van der Waals surface area contributed by atoms with Crippen molar-refractivity contribution in [2.75, 3.05) is 24.6 Å². The molecule has 2 heterocycles. The second-order valence-corrected chi connectivity index (χ2v) is 7.85. The van der Waals surface area contributed by atoms with Crippen LogP contribution in [-0.4, -0.2) is 36.8 Å². The van der Waals surface area contributed by atoms with Gasteiger partial charge in [-0.3, -0.25) is 0 Å². The van der Waals surface area contributed by atoms with Gasteiger partial charge in [-0.15, -0.1) is 0 Å². The third-order valence-corrected chi connectivity index (χ3v) is 4.57. The second kappa shape index (κ2) is 7.39. The van der Waals surface area contributed by atoms with Crippen LogP contribution in [0.5, 0.6) is 5.88 Å². The van der Waals surface area contributed by atoms with E-state index >= 15 is 0 Å². The molecule has 0 spiro atoms. The number of hydrogen-bond acceptors (Lipinski definition) is 5. The van der Waals surface area contributed by atoms with E-state index in [2.05, 4.69) is 30.7 Å². The first-order valence-electron chi connectivity index (χ1n) is 9.21. The van der Waals surface area contributed by atoms with Crippen LogP contribution in [0.2, 0.25) is 0 Å². The fourth-order valence-corrected chi connectivity index (χ4v) is 2.98. The minimum absolute atomic E-state index is 0.214. The van der Waals surface area contributed by atoms with Crippen molar-refractivity contribution in [2.24, 2.45) is 17.6 Å². The normalized spacial score (nSPS) is 19.8. The number of rotatable bonds is 9. The van der Waals surface area contributed by atoms with Crippen LogP contribution in [0.4, 0.5) is 14.5 Å². The van der Waals surface area contributed by atoms with Gasteiger partial charge in [0.05, 0.1) is 37.3 Å². The minimum atomic E-state index is -2.64. The van der Waals surface area contributed by atoms with Gasteiger partial charge in [-0.2, -0.15) is 0 Å². The number of nitrogens with two attached hydrogens (primary N) is 1. The first kappa shape index (κ1) is 18.9. The molecule has 1 aliphatic carbocycles. The summed E-state index contributed by atoms with van der Waals surface area (Å²) < 4.78 is 32.3. The highest BCUT2D eigenvalue weighted by Crippen LogP contribution is 2.38. The van der Waals surface area contributed by atoms with Crippen LogP contribution < -0.4 is 20.7 Å². The predicted molar refractivity (Wildman–Crippen MR) is 99.2 cm³/mol. The predicted octanol–water partition coefficient (Wildman–Crippen LogP) is 3.22. The van der Waals surface area contributed by atoms with Crippen LogP contribution in [0.1, 0.15) is 38.8 Å². The zero-order chi connectivity index (χ0) is 18.9. The third-order valence-electron chi connectivity index (χ3n) is 4.57. The molecule has 0 amide bonds. The lowest BCUT2D eigenvalue weighted by Crippen LogP contribution is -2.56. The average Bonchev–Trinajstić information content (AvgIpc) is 3.33. The van der Waals surface area contributed by atoms with E-state index < -0.39 is 5.92 Å². The van der Waals surface area contributed by atoms with Crippen molar-refractivity contribution in [1.29, 1.82) is 0 Å². The Morgan fingerprint density at radius 1 is 1.42 bits per heavy atom. The van der Waals surface area contributed by atoms with Gasteiger partial charge in [-0.05, 0) is 43.2 Å². The van der Waals surface area contributed by atoms with Gasteiger partial charge in [0, 0.05) is 0 Å². The van der Waals surface area contributed by atoms with Crippen molar-refractivity contribution >= 4 is 11.4 Å². The highest BCUT2D eigenvalue weighted by atomic mass is 19.3. The van der Waals surface area contributed by atoms with E-state index in [0.717, 1.165) is 19.3 Å². The molecule has 26 heavy (non-hydrogen) atoms. The average molecular weight is 366 g/mol. The van der Waals surface area contributed by atoms with E-state index in [4.69, 9.17) is 10.5 Å². The topological polar surface area (TPSA) is 63.4 Å². The Kier molecular flexibility index (Phi) is 5.37. The minimum Gasteiger partial charge on any atom is -0.476 e. The van der Waals surface area contributed by atoms with Crippen molar-refractivity contribution < 1.29 is 13.5 Å². The molecule has 3 rings (SSSR count). The third kappa shape index (κ3) is 4.84. The summed E-state index contributed by atoms with van der Waals surface area (Å²) in [6, 6.07) is 3.55. The SMILES string of the molecule is C=C(NC(N)CC(C)C)c1ccc(N2CC(F)(F)C2)c(OCC2CC2)n1. The molecule has 1 aromatic rings. The van der Waals surface area contributed by atoms with E-state index in [9.17, 15) is 8.78 Å². The molecule has 2 fully saturated rings. The van der Waals surface area contributed by atoms with Crippen LogP contribution in [0.3, 0.4) is 0 Å². The molecular formula is C19H28F2N4O. The van der Waals surface area contributed by atoms with E-state index in [1.165, 1.54) is 0 Å². The molecule has 144 valence electrons. The maximum absolute atomic E-state index is 13.2. The monoisotopic (exact) mass is 366 g/mol. The zero-order valence-electron chi connectivity index (χ0n) is 15.5. The molecule has 1 unspecified atom stereocenters. The van der Waals surface area contributed by atoms with Gasteiger partial charge >= 0.3 is 0 Å². The largest absolute Gasteiger partial charge is 0.476 e. The Morgan fingerprint density at radius 2 is 2.12 bits per heavy atom. The smallest absolute Gasteiger partial charge is 0.282 e. The summed E-state index contributed by atoms with van der Waals surface area (Å²) in [4.78, 5) is 6.13. The van der Waals surface area contributed by atoms with Gasteiger partial charge in [0.25, 0.3) is 5.92 Å². The number of anilines is 1. The number of nitrogens with one attached hydrogen (secondary N) is 1. The number of pyridine rings is 1. The van der Waals surface area contributed by atoms with E-state index in [1.54, 1.807) is 17.0 Å². The summed E-state index contributed by atoms with van der Waals surface area (Å²) in [6.07, 6.45) is 2.89. The quantitative estimate of drug-likeness (QED) is 0.657. The Bertz CT molecular complexity index is 653. The Balaban J connectivity index is 1.72. The molecule has 1 atom stereocenters. The molecule has 1 aromatic heterocycles. The molecule has 1 aliphatic heterocycles. The number of ether oxygens (including phenoxy) is 1. The van der Waals surface area contributed by atoms with Crippen molar-refractivity contribution in [2.45, 2.75) is 45.2 Å². The fourth-order valence-electron chi connectivity index (χ4n) is 2.98. The first-order valence-corrected chi connectivity index (χ1v) is 9.21. The summed E-state index contributed by atoms with van der Waals surface area (Å²) in [7, 11) is 0. The highest BCUT2D eigenvalue weighted by Gasteiger charge is 2.45. The van der Waals surface area contributed by atoms with Crippen molar-refractivity contribution in [3.05, 3.63) is 24.4 Å². The summed E-state index contributed by atoms with van der Waals surface area (Å²) in [5.41, 5.74) is 7.91. The Morgan fingerprint density at radius 3 is 2.69 bits per heavy atom. The van der Waals surface area contributed by atoms with Crippen LogP contribution in [0, 0.1) is 11.8 Å². The summed E-state index contributed by atoms with van der Waals surface area (Å²) in [5.74, 6) is -1.23. The summed E-state index contributed by atoms with van der Waals surface area (Å²) >= 11 is 0. The number of hydrogen-bond donors (Lipinski definition) is 2. The van der Waals surface area contributed by atoms with Gasteiger partial charge in [0.1, 0.15) is 5.69 Å². The molecule has 1 saturated heterocycles. The molecule has 7 heteroatoms. The lowest BCUT2D eigenvalue weighted by Gasteiger charge is -2.40. The Hall–Kier alpha value is -1.89. The van der Waals surface area contributed by atoms with Crippen molar-refractivity contribution in [3.63, 3.8) is 0 Å². The second-order valence-electron chi connectivity index (χ2n) is 7.85. The number of nitrogens with zero attached hydrogens (tertiary/aromatic N) is 2. The number of alkyl halides is 2. The molecule has 1 saturated carbocycles. The van der Waals surface area contributed by atoms with E-state index in [-0.39, 0.29) is 19.3 Å². The molecule has 0 radical (unpaired) electrons. The standard InChI is InChI=1S/C19H28F2N4O/c1-12(2)8-17(22)23-13(3)15-6-7-16(25-10-19(20,21)11-25)18(24-15)26-9-14-4-5-14/h6-7,12,14,17,23H,3-5,8-11,22H2,1-2H3. The van der Waals surface area contributed by atoms with Gasteiger partial charge < -0.3 is 20.7 Å². The van der Waals surface area contributed by atoms with Gasteiger partial charge in [0.15, 0.2) is 0 Å². The van der Waals surface area contributed by atoms with Crippen molar-refractivity contribution in [3.8, 4) is 5.88 Å². The van der Waals surface area contributed by atoms with Gasteiger partial charge in [-0.25, -0.2) is 13.8 Å². The molecule has 5 nitrogen and oxygen atoms in total. The molecule has 3 N–H and O–H groups in total. The van der Waals surface area contributed by atoms with Crippen molar-refractivity contribution in [1.82, 2.24) is 10.3 Å².